The summed E-state index contributed by atoms with van der Waals surface area (Å²) in [4.78, 5) is 15.5. The van der Waals surface area contributed by atoms with Crippen LogP contribution in [0, 0.1) is 5.92 Å². The van der Waals surface area contributed by atoms with Crippen molar-refractivity contribution in [3.63, 3.8) is 0 Å². The Morgan fingerprint density at radius 2 is 1.71 bits per heavy atom. The Morgan fingerprint density at radius 1 is 0.943 bits per heavy atom. The molecule has 1 saturated carbocycles. The highest BCUT2D eigenvalue weighted by Gasteiger charge is 2.50. The van der Waals surface area contributed by atoms with Gasteiger partial charge in [0.1, 0.15) is 11.5 Å². The van der Waals surface area contributed by atoms with E-state index in [2.05, 4.69) is 0 Å². The molecule has 1 N–H and O–H groups in total. The van der Waals surface area contributed by atoms with Gasteiger partial charge >= 0.3 is 0 Å². The van der Waals surface area contributed by atoms with Crippen LogP contribution in [0.15, 0.2) is 42.5 Å². The summed E-state index contributed by atoms with van der Waals surface area (Å²) >= 11 is 0. The van der Waals surface area contributed by atoms with E-state index in [1.165, 1.54) is 0 Å². The first-order valence-electron chi connectivity index (χ1n) is 12.1. The number of carbonyl (C=O) groups excluding carboxylic acids is 1. The number of aliphatic hydroxyl groups is 1. The summed E-state index contributed by atoms with van der Waals surface area (Å²) in [6, 6.07) is 10.9. The molecule has 0 radical (unpaired) electrons. The summed E-state index contributed by atoms with van der Waals surface area (Å²) in [5.74, 6) is 2.42. The average molecular weight is 482 g/mol. The molecule has 3 atom stereocenters. The number of fused-ring (bicyclic) bond motifs is 1. The minimum absolute atomic E-state index is 0.0641. The minimum Gasteiger partial charge on any atom is -0.497 e. The van der Waals surface area contributed by atoms with Crippen molar-refractivity contribution in [2.24, 2.45) is 5.92 Å². The normalized spacial score (nSPS) is 24.1. The molecule has 188 valence electrons. The first-order valence-corrected chi connectivity index (χ1v) is 12.1. The van der Waals surface area contributed by atoms with E-state index in [0.717, 1.165) is 36.8 Å². The van der Waals surface area contributed by atoms with Crippen LogP contribution in [0.1, 0.15) is 49.3 Å². The van der Waals surface area contributed by atoms with Gasteiger partial charge in [0.15, 0.2) is 11.5 Å². The number of hydrogen-bond acceptors (Lipinski definition) is 6. The van der Waals surface area contributed by atoms with Crippen LogP contribution in [0.25, 0.3) is 6.08 Å². The molecule has 7 heteroatoms. The Balaban J connectivity index is 1.68. The molecule has 0 unspecified atom stereocenters. The molecule has 2 aromatic rings. The zero-order valence-electron chi connectivity index (χ0n) is 21.0. The molecule has 1 aliphatic carbocycles. The molecule has 4 rings (SSSR count). The smallest absolute Gasteiger partial charge is 0.247 e. The van der Waals surface area contributed by atoms with E-state index in [-0.39, 0.29) is 17.9 Å². The molecule has 2 aliphatic rings. The molecule has 2 aromatic carbocycles. The largest absolute Gasteiger partial charge is 0.497 e. The molecule has 1 aliphatic heterocycles. The lowest BCUT2D eigenvalue weighted by atomic mass is 9.66. The van der Waals surface area contributed by atoms with Crippen LogP contribution in [0.5, 0.6) is 23.0 Å². The molecule has 0 spiro atoms. The quantitative estimate of drug-likeness (QED) is 0.581. The third-order valence-electron chi connectivity index (χ3n) is 7.44. The average Bonchev–Trinajstić information content (AvgIpc) is 2.90. The zero-order valence-corrected chi connectivity index (χ0v) is 21.0. The van der Waals surface area contributed by atoms with Crippen molar-refractivity contribution in [2.75, 3.05) is 35.0 Å². The number of benzene rings is 2. The van der Waals surface area contributed by atoms with Crippen molar-refractivity contribution in [1.82, 2.24) is 4.90 Å². The fourth-order valence-electron chi connectivity index (χ4n) is 5.60. The molecule has 1 heterocycles. The van der Waals surface area contributed by atoms with Crippen LogP contribution in [-0.2, 0) is 4.79 Å². The SMILES string of the molecule is COc1ccc([C@H]2[C@@H]3CCCC[C@@]3(O)CCN2C(=O)/C=C/c2ccc(OC)c(OC)c2)c(OC)c1. The van der Waals surface area contributed by atoms with E-state index in [0.29, 0.717) is 36.0 Å². The van der Waals surface area contributed by atoms with Crippen molar-refractivity contribution < 1.29 is 28.8 Å². The molecule has 0 aromatic heterocycles. The van der Waals surface area contributed by atoms with Gasteiger partial charge in [0.2, 0.25) is 5.91 Å². The van der Waals surface area contributed by atoms with Gasteiger partial charge in [-0.25, -0.2) is 0 Å². The van der Waals surface area contributed by atoms with Gasteiger partial charge in [0, 0.05) is 30.2 Å². The first kappa shape index (κ1) is 24.9. The first-order chi connectivity index (χ1) is 16.9. The third kappa shape index (κ3) is 4.96. The van der Waals surface area contributed by atoms with Gasteiger partial charge in [-0.15, -0.1) is 0 Å². The topological polar surface area (TPSA) is 77.5 Å². The molecule has 1 amide bonds. The zero-order chi connectivity index (χ0) is 25.0. The van der Waals surface area contributed by atoms with Gasteiger partial charge in [-0.05, 0) is 55.2 Å². The number of likely N-dealkylation sites (tertiary alicyclic amines) is 1. The van der Waals surface area contributed by atoms with E-state index in [1.54, 1.807) is 40.6 Å². The van der Waals surface area contributed by atoms with Crippen molar-refractivity contribution in [2.45, 2.75) is 43.7 Å². The Morgan fingerprint density at radius 3 is 2.43 bits per heavy atom. The molecule has 2 fully saturated rings. The Kier molecular flexibility index (Phi) is 7.55. The summed E-state index contributed by atoms with van der Waals surface area (Å²) in [6.45, 7) is 0.474. The molecule has 1 saturated heterocycles. The van der Waals surface area contributed by atoms with Crippen molar-refractivity contribution in [3.8, 4) is 23.0 Å². The Hall–Kier alpha value is -3.19. The van der Waals surface area contributed by atoms with E-state index in [4.69, 9.17) is 18.9 Å². The molecular weight excluding hydrogens is 446 g/mol. The number of carbonyl (C=O) groups is 1. The standard InChI is InChI=1S/C28H35NO6/c1-32-20-10-11-21(24(18-20)34-3)27-22-7-5-6-14-28(22,31)15-16-29(27)26(30)13-9-19-8-12-23(33-2)25(17-19)35-4/h8-13,17-18,22,27,31H,5-7,14-16H2,1-4H3/b13-9+/t22-,27-,28+/m0/s1. The van der Waals surface area contributed by atoms with E-state index < -0.39 is 5.60 Å². The Bertz CT molecular complexity index is 1080. The second kappa shape index (κ2) is 10.6. The van der Waals surface area contributed by atoms with Gasteiger partial charge in [-0.3, -0.25) is 4.79 Å². The maximum absolute atomic E-state index is 13.6. The van der Waals surface area contributed by atoms with Crippen LogP contribution in [0.2, 0.25) is 0 Å². The summed E-state index contributed by atoms with van der Waals surface area (Å²) < 4.78 is 21.8. The van der Waals surface area contributed by atoms with E-state index in [1.807, 2.05) is 41.3 Å². The monoisotopic (exact) mass is 481 g/mol. The summed E-state index contributed by atoms with van der Waals surface area (Å²) in [7, 11) is 6.41. The number of ether oxygens (including phenoxy) is 4. The number of rotatable bonds is 7. The molecular formula is C28H35NO6. The van der Waals surface area contributed by atoms with E-state index >= 15 is 0 Å². The Labute approximate surface area is 207 Å². The van der Waals surface area contributed by atoms with Gasteiger partial charge in [-0.2, -0.15) is 0 Å². The lowest BCUT2D eigenvalue weighted by Crippen LogP contribution is -2.56. The summed E-state index contributed by atoms with van der Waals surface area (Å²) in [5, 5.41) is 11.6. The van der Waals surface area contributed by atoms with Crippen molar-refractivity contribution in [1.29, 1.82) is 0 Å². The van der Waals surface area contributed by atoms with Crippen LogP contribution < -0.4 is 18.9 Å². The fraction of sp³-hybridized carbons (Fsp3) is 0.464. The van der Waals surface area contributed by atoms with Gasteiger partial charge in [-0.1, -0.05) is 18.9 Å². The second-order valence-corrected chi connectivity index (χ2v) is 9.24. The minimum atomic E-state index is -0.780. The highest BCUT2D eigenvalue weighted by atomic mass is 16.5. The molecule has 35 heavy (non-hydrogen) atoms. The van der Waals surface area contributed by atoms with Crippen LogP contribution in [0.4, 0.5) is 0 Å². The number of piperidine rings is 1. The lowest BCUT2D eigenvalue weighted by molar-refractivity contribution is -0.151. The number of methoxy groups -OCH3 is 4. The third-order valence-corrected chi connectivity index (χ3v) is 7.44. The van der Waals surface area contributed by atoms with E-state index in [9.17, 15) is 9.90 Å². The number of nitrogens with zero attached hydrogens (tertiary/aromatic N) is 1. The highest BCUT2D eigenvalue weighted by molar-refractivity contribution is 5.92. The van der Waals surface area contributed by atoms with Gasteiger partial charge < -0.3 is 29.0 Å². The highest BCUT2D eigenvalue weighted by Crippen LogP contribution is 2.51. The molecule has 7 nitrogen and oxygen atoms in total. The van der Waals surface area contributed by atoms with Crippen LogP contribution in [-0.4, -0.2) is 56.5 Å². The van der Waals surface area contributed by atoms with Crippen molar-refractivity contribution >= 4 is 12.0 Å². The second-order valence-electron chi connectivity index (χ2n) is 9.24. The number of amides is 1. The lowest BCUT2D eigenvalue weighted by Gasteiger charge is -2.52. The number of hydrogen-bond donors (Lipinski definition) is 1. The molecule has 0 bridgehead atoms. The van der Waals surface area contributed by atoms with Gasteiger partial charge in [0.05, 0.1) is 40.1 Å². The fourth-order valence-corrected chi connectivity index (χ4v) is 5.60. The predicted octanol–water partition coefficient (Wildman–Crippen LogP) is 4.63. The maximum atomic E-state index is 13.6. The summed E-state index contributed by atoms with van der Waals surface area (Å²) in [5.41, 5.74) is 0.949. The van der Waals surface area contributed by atoms with Crippen LogP contribution in [0.3, 0.4) is 0 Å². The predicted molar refractivity (Wildman–Crippen MR) is 134 cm³/mol. The maximum Gasteiger partial charge on any atom is 0.247 e. The summed E-state index contributed by atoms with van der Waals surface area (Å²) in [6.07, 6.45) is 7.61. The van der Waals surface area contributed by atoms with Gasteiger partial charge in [0.25, 0.3) is 0 Å². The van der Waals surface area contributed by atoms with Crippen molar-refractivity contribution in [3.05, 3.63) is 53.6 Å². The van der Waals surface area contributed by atoms with Crippen LogP contribution >= 0.6 is 0 Å².